The van der Waals surface area contributed by atoms with Crippen molar-refractivity contribution in [3.8, 4) is 22.3 Å². The van der Waals surface area contributed by atoms with E-state index in [1.165, 1.54) is 74.7 Å². The molecule has 0 fully saturated rings. The molecule has 0 aliphatic heterocycles. The minimum atomic E-state index is 1.28. The summed E-state index contributed by atoms with van der Waals surface area (Å²) in [5, 5.41) is 10.5. The minimum absolute atomic E-state index is 1.28. The van der Waals surface area contributed by atoms with Gasteiger partial charge in [0.25, 0.3) is 0 Å². The molecule has 1 heterocycles. The van der Waals surface area contributed by atoms with Crippen molar-refractivity contribution in [1.82, 2.24) is 0 Å². The van der Waals surface area contributed by atoms with Gasteiger partial charge in [0.15, 0.2) is 0 Å². The predicted octanol–water partition coefficient (Wildman–Crippen LogP) is 10.8. The van der Waals surface area contributed by atoms with Gasteiger partial charge in [-0.15, -0.1) is 11.3 Å². The van der Waals surface area contributed by atoms with Crippen LogP contribution in [-0.4, -0.2) is 0 Å². The van der Waals surface area contributed by atoms with Crippen LogP contribution in [0, 0.1) is 0 Å². The van der Waals surface area contributed by atoms with E-state index in [1.807, 2.05) is 11.3 Å². The Kier molecular flexibility index (Phi) is 4.49. The van der Waals surface area contributed by atoms with Gasteiger partial charge in [0.2, 0.25) is 0 Å². The van der Waals surface area contributed by atoms with E-state index < -0.39 is 0 Å². The summed E-state index contributed by atoms with van der Waals surface area (Å²) in [4.78, 5) is 0. The highest BCUT2D eigenvalue weighted by Crippen LogP contribution is 2.44. The summed E-state index contributed by atoms with van der Waals surface area (Å²) >= 11 is 1.88. The van der Waals surface area contributed by atoms with E-state index in [2.05, 4.69) is 133 Å². The van der Waals surface area contributed by atoms with E-state index in [4.69, 9.17) is 0 Å². The molecule has 1 heteroatoms. The molecule has 1 aromatic heterocycles. The number of rotatable bonds is 2. The van der Waals surface area contributed by atoms with Crippen LogP contribution in [-0.2, 0) is 0 Å². The molecule has 0 saturated carbocycles. The lowest BCUT2D eigenvalue weighted by Crippen LogP contribution is -1.89. The van der Waals surface area contributed by atoms with Gasteiger partial charge in [-0.25, -0.2) is 0 Å². The zero-order valence-electron chi connectivity index (χ0n) is 20.1. The summed E-state index contributed by atoms with van der Waals surface area (Å²) in [6.45, 7) is 0. The number of benzene rings is 7. The second-order valence-corrected chi connectivity index (χ2v) is 10.8. The molecule has 0 radical (unpaired) electrons. The molecular formula is C36H22S. The Hall–Kier alpha value is -4.46. The fraction of sp³-hybridized carbons (Fsp3) is 0. The first-order valence-corrected chi connectivity index (χ1v) is 13.5. The van der Waals surface area contributed by atoms with Gasteiger partial charge in [-0.05, 0) is 72.8 Å². The standard InChI is InChI=1S/C36H22S/c1-2-11-24-23(10-1)22-33(28-15-6-3-12-25(24)28)30-21-20-29(26-13-4-5-14-27(26)30)31-17-9-19-35-36(31)32-16-7-8-18-34(32)37-35/h1-22H. The van der Waals surface area contributed by atoms with Crippen LogP contribution in [0.3, 0.4) is 0 Å². The van der Waals surface area contributed by atoms with Crippen LogP contribution in [0.15, 0.2) is 133 Å². The summed E-state index contributed by atoms with van der Waals surface area (Å²) in [7, 11) is 0. The van der Waals surface area contributed by atoms with E-state index in [0.717, 1.165) is 0 Å². The second kappa shape index (κ2) is 8.03. The lowest BCUT2D eigenvalue weighted by atomic mass is 9.87. The third-order valence-corrected chi connectivity index (χ3v) is 8.81. The highest BCUT2D eigenvalue weighted by Gasteiger charge is 2.16. The highest BCUT2D eigenvalue weighted by molar-refractivity contribution is 7.25. The van der Waals surface area contributed by atoms with Gasteiger partial charge in [-0.2, -0.15) is 0 Å². The van der Waals surface area contributed by atoms with Gasteiger partial charge in [-0.1, -0.05) is 115 Å². The summed E-state index contributed by atoms with van der Waals surface area (Å²) in [5.41, 5.74) is 5.17. The number of hydrogen-bond acceptors (Lipinski definition) is 1. The molecule has 0 nitrogen and oxygen atoms in total. The summed E-state index contributed by atoms with van der Waals surface area (Å²) < 4.78 is 2.68. The van der Waals surface area contributed by atoms with Gasteiger partial charge in [0.05, 0.1) is 0 Å². The highest BCUT2D eigenvalue weighted by atomic mass is 32.1. The molecule has 0 N–H and O–H groups in total. The maximum absolute atomic E-state index is 2.37. The molecule has 8 rings (SSSR count). The first kappa shape index (κ1) is 20.7. The predicted molar refractivity (Wildman–Crippen MR) is 163 cm³/mol. The monoisotopic (exact) mass is 486 g/mol. The van der Waals surface area contributed by atoms with Crippen molar-refractivity contribution in [3.63, 3.8) is 0 Å². The molecule has 0 aliphatic rings. The van der Waals surface area contributed by atoms with Crippen molar-refractivity contribution in [1.29, 1.82) is 0 Å². The molecule has 0 spiro atoms. The van der Waals surface area contributed by atoms with Gasteiger partial charge in [0, 0.05) is 20.2 Å². The average molecular weight is 487 g/mol. The molecule has 7 aromatic carbocycles. The van der Waals surface area contributed by atoms with Crippen LogP contribution in [0.25, 0.3) is 74.7 Å². The third-order valence-electron chi connectivity index (χ3n) is 7.67. The van der Waals surface area contributed by atoms with E-state index in [9.17, 15) is 0 Å². The Morgan fingerprint density at radius 3 is 1.62 bits per heavy atom. The minimum Gasteiger partial charge on any atom is -0.135 e. The Labute approximate surface area is 219 Å². The quantitative estimate of drug-likeness (QED) is 0.213. The normalized spacial score (nSPS) is 11.8. The molecule has 0 atom stereocenters. The van der Waals surface area contributed by atoms with Crippen LogP contribution in [0.1, 0.15) is 0 Å². The average Bonchev–Trinajstić information content (AvgIpc) is 3.35. The molecule has 0 amide bonds. The summed E-state index contributed by atoms with van der Waals surface area (Å²) in [5.74, 6) is 0. The van der Waals surface area contributed by atoms with Crippen LogP contribution < -0.4 is 0 Å². The first-order chi connectivity index (χ1) is 18.4. The molecule has 0 bridgehead atoms. The molecule has 8 aromatic rings. The molecule has 0 saturated heterocycles. The van der Waals surface area contributed by atoms with E-state index >= 15 is 0 Å². The van der Waals surface area contributed by atoms with Crippen molar-refractivity contribution >= 4 is 63.8 Å². The van der Waals surface area contributed by atoms with Crippen molar-refractivity contribution in [2.24, 2.45) is 0 Å². The fourth-order valence-electron chi connectivity index (χ4n) is 6.04. The lowest BCUT2D eigenvalue weighted by molar-refractivity contribution is 1.68. The Balaban J connectivity index is 1.46. The number of fused-ring (bicyclic) bond motifs is 7. The van der Waals surface area contributed by atoms with E-state index in [1.54, 1.807) is 0 Å². The first-order valence-electron chi connectivity index (χ1n) is 12.7. The number of hydrogen-bond donors (Lipinski definition) is 0. The second-order valence-electron chi connectivity index (χ2n) is 9.67. The van der Waals surface area contributed by atoms with E-state index in [-0.39, 0.29) is 0 Å². The van der Waals surface area contributed by atoms with Crippen LogP contribution in [0.4, 0.5) is 0 Å². The maximum Gasteiger partial charge on any atom is 0.0361 e. The molecule has 172 valence electrons. The van der Waals surface area contributed by atoms with Crippen molar-refractivity contribution in [2.75, 3.05) is 0 Å². The van der Waals surface area contributed by atoms with Crippen LogP contribution >= 0.6 is 11.3 Å². The maximum atomic E-state index is 2.37. The van der Waals surface area contributed by atoms with Crippen LogP contribution in [0.5, 0.6) is 0 Å². The topological polar surface area (TPSA) is 0 Å². The zero-order chi connectivity index (χ0) is 24.3. The largest absolute Gasteiger partial charge is 0.135 e. The van der Waals surface area contributed by atoms with Crippen molar-refractivity contribution in [3.05, 3.63) is 133 Å². The lowest BCUT2D eigenvalue weighted by Gasteiger charge is -2.16. The zero-order valence-corrected chi connectivity index (χ0v) is 20.9. The van der Waals surface area contributed by atoms with Gasteiger partial charge in [-0.3, -0.25) is 0 Å². The molecule has 0 aliphatic carbocycles. The third kappa shape index (κ3) is 3.08. The van der Waals surface area contributed by atoms with Gasteiger partial charge < -0.3 is 0 Å². The summed E-state index contributed by atoms with van der Waals surface area (Å²) in [6, 6.07) is 49.0. The van der Waals surface area contributed by atoms with Gasteiger partial charge >= 0.3 is 0 Å². The number of thiophene rings is 1. The fourth-order valence-corrected chi connectivity index (χ4v) is 7.18. The molecular weight excluding hydrogens is 464 g/mol. The van der Waals surface area contributed by atoms with E-state index in [0.29, 0.717) is 0 Å². The van der Waals surface area contributed by atoms with Gasteiger partial charge in [0.1, 0.15) is 0 Å². The summed E-state index contributed by atoms with van der Waals surface area (Å²) in [6.07, 6.45) is 0. The molecule has 0 unspecified atom stereocenters. The van der Waals surface area contributed by atoms with Crippen molar-refractivity contribution < 1.29 is 0 Å². The van der Waals surface area contributed by atoms with Crippen LogP contribution in [0.2, 0.25) is 0 Å². The Bertz CT molecular complexity index is 2140. The smallest absolute Gasteiger partial charge is 0.0361 e. The Morgan fingerprint density at radius 1 is 0.324 bits per heavy atom. The SMILES string of the molecule is c1ccc2c(c1)cc(-c1ccc(-c3cccc4sc5ccccc5c34)c3ccccc13)c1ccccc12. The van der Waals surface area contributed by atoms with Crippen molar-refractivity contribution in [2.45, 2.75) is 0 Å². The Morgan fingerprint density at radius 2 is 0.865 bits per heavy atom. The molecule has 37 heavy (non-hydrogen) atoms.